The first-order valence-electron chi connectivity index (χ1n) is 8.49. The van der Waals surface area contributed by atoms with Gasteiger partial charge in [-0.15, -0.1) is 0 Å². The van der Waals surface area contributed by atoms with Gasteiger partial charge < -0.3 is 9.88 Å². The van der Waals surface area contributed by atoms with Gasteiger partial charge in [0.1, 0.15) is 5.82 Å². The van der Waals surface area contributed by atoms with Crippen molar-refractivity contribution < 1.29 is 13.6 Å². The predicted molar refractivity (Wildman–Crippen MR) is 93.5 cm³/mol. The highest BCUT2D eigenvalue weighted by Crippen LogP contribution is 2.23. The molecule has 1 N–H and O–H groups in total. The van der Waals surface area contributed by atoms with Crippen LogP contribution in [0.5, 0.6) is 0 Å². The fourth-order valence-corrected chi connectivity index (χ4v) is 3.16. The third kappa shape index (κ3) is 3.22. The van der Waals surface area contributed by atoms with Crippen LogP contribution in [0.25, 0.3) is 11.3 Å². The molecule has 1 amide bonds. The van der Waals surface area contributed by atoms with Crippen LogP contribution in [0, 0.1) is 11.6 Å². The van der Waals surface area contributed by atoms with Gasteiger partial charge in [0.15, 0.2) is 11.6 Å². The van der Waals surface area contributed by atoms with Gasteiger partial charge in [-0.2, -0.15) is 0 Å². The van der Waals surface area contributed by atoms with Crippen LogP contribution in [0.1, 0.15) is 28.2 Å². The molecule has 0 spiro atoms. The molecule has 0 atom stereocenters. The average molecular weight is 353 g/mol. The summed E-state index contributed by atoms with van der Waals surface area (Å²) < 4.78 is 28.4. The highest BCUT2D eigenvalue weighted by atomic mass is 19.2. The molecule has 4 nitrogen and oxygen atoms in total. The molecule has 2 heterocycles. The lowest BCUT2D eigenvalue weighted by Crippen LogP contribution is -2.23. The monoisotopic (exact) mass is 353 g/mol. The number of fused-ring (bicyclic) bond motifs is 1. The largest absolute Gasteiger partial charge is 0.348 e. The summed E-state index contributed by atoms with van der Waals surface area (Å²) >= 11 is 0. The second-order valence-electron chi connectivity index (χ2n) is 6.35. The van der Waals surface area contributed by atoms with Gasteiger partial charge in [0.2, 0.25) is 0 Å². The summed E-state index contributed by atoms with van der Waals surface area (Å²) in [7, 11) is 0. The van der Waals surface area contributed by atoms with Gasteiger partial charge in [0.05, 0.1) is 5.69 Å². The summed E-state index contributed by atoms with van der Waals surface area (Å²) in [6.07, 6.45) is 4.20. The lowest BCUT2D eigenvalue weighted by Gasteiger charge is -2.07. The van der Waals surface area contributed by atoms with Gasteiger partial charge in [0.25, 0.3) is 5.91 Å². The van der Waals surface area contributed by atoms with E-state index in [0.717, 1.165) is 54.2 Å². The molecular weight excluding hydrogens is 336 g/mol. The standard InChI is InChI=1S/C20H17F2N3O/c21-16-7-6-15(10-17(16)22)20(26)23-11-13-3-1-4-14(9-13)18-12-25-8-2-5-19(25)24-18/h1,3-4,6-7,9-10,12H,2,5,8,11H2,(H,23,26). The smallest absolute Gasteiger partial charge is 0.251 e. The lowest BCUT2D eigenvalue weighted by molar-refractivity contribution is 0.0950. The average Bonchev–Trinajstić information content (AvgIpc) is 3.24. The van der Waals surface area contributed by atoms with Crippen LogP contribution < -0.4 is 5.32 Å². The molecule has 3 aromatic rings. The molecule has 0 radical (unpaired) electrons. The molecule has 2 aromatic carbocycles. The molecule has 0 unspecified atom stereocenters. The van der Waals surface area contributed by atoms with Crippen LogP contribution in [0.3, 0.4) is 0 Å². The van der Waals surface area contributed by atoms with Crippen molar-refractivity contribution in [3.8, 4) is 11.3 Å². The third-order valence-corrected chi connectivity index (χ3v) is 4.52. The second-order valence-corrected chi connectivity index (χ2v) is 6.35. The van der Waals surface area contributed by atoms with Crippen molar-refractivity contribution in [2.24, 2.45) is 0 Å². The first-order chi connectivity index (χ1) is 12.6. The van der Waals surface area contributed by atoms with Crippen molar-refractivity contribution >= 4 is 5.91 Å². The number of halogens is 2. The van der Waals surface area contributed by atoms with Crippen molar-refractivity contribution in [1.29, 1.82) is 0 Å². The minimum absolute atomic E-state index is 0.0885. The fourth-order valence-electron chi connectivity index (χ4n) is 3.16. The Hall–Kier alpha value is -3.02. The Bertz CT molecular complexity index is 959. The molecule has 1 aromatic heterocycles. The summed E-state index contributed by atoms with van der Waals surface area (Å²) in [6, 6.07) is 10.9. The maximum absolute atomic E-state index is 13.2. The summed E-state index contributed by atoms with van der Waals surface area (Å²) in [6.45, 7) is 1.30. The van der Waals surface area contributed by atoms with E-state index in [1.165, 1.54) is 6.07 Å². The number of aromatic nitrogens is 2. The van der Waals surface area contributed by atoms with E-state index >= 15 is 0 Å². The number of nitrogens with one attached hydrogen (secondary N) is 1. The van der Waals surface area contributed by atoms with Gasteiger partial charge in [-0.3, -0.25) is 4.79 Å². The fraction of sp³-hybridized carbons (Fsp3) is 0.200. The van der Waals surface area contributed by atoms with E-state index in [1.54, 1.807) is 0 Å². The van der Waals surface area contributed by atoms with E-state index in [9.17, 15) is 13.6 Å². The van der Waals surface area contributed by atoms with E-state index in [4.69, 9.17) is 0 Å². The number of rotatable bonds is 4. The molecule has 132 valence electrons. The van der Waals surface area contributed by atoms with Crippen molar-refractivity contribution in [3.63, 3.8) is 0 Å². The topological polar surface area (TPSA) is 46.9 Å². The van der Waals surface area contributed by atoms with Crippen LogP contribution in [-0.2, 0) is 19.5 Å². The summed E-state index contributed by atoms with van der Waals surface area (Å²) in [5.41, 5.74) is 2.91. The van der Waals surface area contributed by atoms with Crippen LogP contribution in [0.4, 0.5) is 8.78 Å². The SMILES string of the molecule is O=C(NCc1cccc(-c2cn3c(n2)CCC3)c1)c1ccc(F)c(F)c1. The highest BCUT2D eigenvalue weighted by Gasteiger charge is 2.15. The molecule has 26 heavy (non-hydrogen) atoms. The number of aryl methyl sites for hydroxylation is 2. The van der Waals surface area contributed by atoms with E-state index < -0.39 is 17.5 Å². The summed E-state index contributed by atoms with van der Waals surface area (Å²) in [4.78, 5) is 16.8. The molecule has 1 aliphatic rings. The van der Waals surface area contributed by atoms with Crippen molar-refractivity contribution in [2.75, 3.05) is 0 Å². The normalized spacial score (nSPS) is 12.8. The van der Waals surface area contributed by atoms with Crippen molar-refractivity contribution in [1.82, 2.24) is 14.9 Å². The number of hydrogen-bond acceptors (Lipinski definition) is 2. The van der Waals surface area contributed by atoms with Crippen molar-refractivity contribution in [2.45, 2.75) is 25.9 Å². The second kappa shape index (κ2) is 6.71. The van der Waals surface area contributed by atoms with Gasteiger partial charge in [-0.05, 0) is 36.2 Å². The number of nitrogens with zero attached hydrogens (tertiary/aromatic N) is 2. The van der Waals surface area contributed by atoms with E-state index in [2.05, 4.69) is 21.1 Å². The molecule has 0 aliphatic carbocycles. The minimum atomic E-state index is -1.03. The Morgan fingerprint density at radius 1 is 1.15 bits per heavy atom. The Morgan fingerprint density at radius 2 is 2.04 bits per heavy atom. The van der Waals surface area contributed by atoms with Crippen LogP contribution in [0.15, 0.2) is 48.7 Å². The molecule has 0 saturated carbocycles. The summed E-state index contributed by atoms with van der Waals surface area (Å²) in [5, 5.41) is 2.73. The van der Waals surface area contributed by atoms with E-state index in [0.29, 0.717) is 6.54 Å². The number of imidazole rings is 1. The highest BCUT2D eigenvalue weighted by molar-refractivity contribution is 5.94. The van der Waals surface area contributed by atoms with E-state index in [-0.39, 0.29) is 5.56 Å². The van der Waals surface area contributed by atoms with Gasteiger partial charge in [-0.25, -0.2) is 13.8 Å². The number of carbonyl (C=O) groups excluding carboxylic acids is 1. The van der Waals surface area contributed by atoms with Crippen LogP contribution in [-0.4, -0.2) is 15.5 Å². The zero-order valence-corrected chi connectivity index (χ0v) is 14.0. The molecule has 0 fully saturated rings. The lowest BCUT2D eigenvalue weighted by atomic mass is 10.1. The zero-order chi connectivity index (χ0) is 18.1. The van der Waals surface area contributed by atoms with Gasteiger partial charge in [0, 0.05) is 36.8 Å². The Kier molecular flexibility index (Phi) is 4.24. The maximum atomic E-state index is 13.2. The zero-order valence-electron chi connectivity index (χ0n) is 14.0. The third-order valence-electron chi connectivity index (χ3n) is 4.52. The van der Waals surface area contributed by atoms with Crippen molar-refractivity contribution in [3.05, 3.63) is 77.2 Å². The van der Waals surface area contributed by atoms with Crippen LogP contribution >= 0.6 is 0 Å². The Morgan fingerprint density at radius 3 is 2.85 bits per heavy atom. The first-order valence-corrected chi connectivity index (χ1v) is 8.49. The van der Waals surface area contributed by atoms with Gasteiger partial charge in [-0.1, -0.05) is 18.2 Å². The molecule has 4 rings (SSSR count). The minimum Gasteiger partial charge on any atom is -0.348 e. The molecular formula is C20H17F2N3O. The summed E-state index contributed by atoms with van der Waals surface area (Å²) in [5.74, 6) is -1.35. The Labute approximate surface area is 149 Å². The molecule has 6 heteroatoms. The quantitative estimate of drug-likeness (QED) is 0.777. The van der Waals surface area contributed by atoms with E-state index in [1.807, 2.05) is 24.3 Å². The molecule has 1 aliphatic heterocycles. The Balaban J connectivity index is 1.46. The predicted octanol–water partition coefficient (Wildman–Crippen LogP) is 3.70. The first kappa shape index (κ1) is 16.4. The number of hydrogen-bond donors (Lipinski definition) is 1. The number of benzene rings is 2. The molecule has 0 bridgehead atoms. The van der Waals surface area contributed by atoms with Gasteiger partial charge >= 0.3 is 0 Å². The number of amides is 1. The maximum Gasteiger partial charge on any atom is 0.251 e. The molecule has 0 saturated heterocycles. The van der Waals surface area contributed by atoms with Crippen LogP contribution in [0.2, 0.25) is 0 Å². The number of carbonyl (C=O) groups is 1.